The van der Waals surface area contributed by atoms with Gasteiger partial charge in [0.25, 0.3) is 0 Å². The molecule has 4 atom stereocenters. The number of fused-ring (bicyclic) bond motifs is 1. The predicted molar refractivity (Wildman–Crippen MR) is 92.2 cm³/mol. The molecule has 116 valence electrons. The summed E-state index contributed by atoms with van der Waals surface area (Å²) in [4.78, 5) is 0.440. The Morgan fingerprint density at radius 1 is 1.10 bits per heavy atom. The van der Waals surface area contributed by atoms with Crippen molar-refractivity contribution in [2.75, 3.05) is 7.11 Å². The number of alkyl halides is 1. The van der Waals surface area contributed by atoms with Gasteiger partial charge in [-0.05, 0) is 50.0 Å². The molecule has 0 radical (unpaired) electrons. The average molecular weight is 351 g/mol. The number of benzene rings is 1. The molecular weight excluding hydrogens is 324 g/mol. The van der Waals surface area contributed by atoms with Gasteiger partial charge in [-0.15, -0.1) is 0 Å². The van der Waals surface area contributed by atoms with Crippen LogP contribution in [0.15, 0.2) is 18.2 Å². The van der Waals surface area contributed by atoms with Gasteiger partial charge in [0.1, 0.15) is 5.75 Å². The summed E-state index contributed by atoms with van der Waals surface area (Å²) in [6.45, 7) is 2.17. The number of aryl methyl sites for hydroxylation is 1. The summed E-state index contributed by atoms with van der Waals surface area (Å²) >= 11 is 4.01. The van der Waals surface area contributed by atoms with Gasteiger partial charge in [0, 0.05) is 10.4 Å². The maximum absolute atomic E-state index is 5.59. The fraction of sp³-hybridized carbons (Fsp3) is 0.684. The van der Waals surface area contributed by atoms with Gasteiger partial charge in [-0.25, -0.2) is 0 Å². The number of rotatable bonds is 3. The molecular formula is C19H27BrO. The van der Waals surface area contributed by atoms with Crippen molar-refractivity contribution in [1.82, 2.24) is 0 Å². The molecule has 3 rings (SSSR count). The zero-order valence-corrected chi connectivity index (χ0v) is 14.9. The van der Waals surface area contributed by atoms with Crippen LogP contribution in [0.1, 0.15) is 60.9 Å². The molecule has 2 aliphatic rings. The van der Waals surface area contributed by atoms with Gasteiger partial charge in [0.15, 0.2) is 0 Å². The lowest BCUT2D eigenvalue weighted by Gasteiger charge is -2.41. The zero-order valence-electron chi connectivity index (χ0n) is 13.3. The van der Waals surface area contributed by atoms with E-state index in [9.17, 15) is 0 Å². The molecule has 21 heavy (non-hydrogen) atoms. The third-order valence-electron chi connectivity index (χ3n) is 5.68. The van der Waals surface area contributed by atoms with Crippen LogP contribution in [0.3, 0.4) is 0 Å². The Morgan fingerprint density at radius 3 is 2.62 bits per heavy atom. The van der Waals surface area contributed by atoms with Crippen molar-refractivity contribution >= 4 is 15.9 Å². The van der Waals surface area contributed by atoms with Crippen molar-refractivity contribution in [3.8, 4) is 5.75 Å². The van der Waals surface area contributed by atoms with Gasteiger partial charge >= 0.3 is 0 Å². The molecule has 2 saturated carbocycles. The maximum Gasteiger partial charge on any atom is 0.123 e. The molecule has 2 heteroatoms. The van der Waals surface area contributed by atoms with Gasteiger partial charge in [0.05, 0.1) is 7.11 Å². The zero-order chi connectivity index (χ0) is 14.8. The Morgan fingerprint density at radius 2 is 1.86 bits per heavy atom. The molecule has 0 bridgehead atoms. The van der Waals surface area contributed by atoms with Gasteiger partial charge < -0.3 is 4.74 Å². The molecule has 2 fully saturated rings. The topological polar surface area (TPSA) is 9.23 Å². The van der Waals surface area contributed by atoms with Crippen LogP contribution < -0.4 is 4.74 Å². The normalized spacial score (nSPS) is 30.5. The van der Waals surface area contributed by atoms with Crippen LogP contribution in [0, 0.1) is 24.7 Å². The predicted octanol–water partition coefficient (Wildman–Crippen LogP) is 6.05. The second-order valence-corrected chi connectivity index (χ2v) is 8.01. The van der Waals surface area contributed by atoms with E-state index < -0.39 is 0 Å². The summed E-state index contributed by atoms with van der Waals surface area (Å²) in [5.74, 6) is 3.80. The second kappa shape index (κ2) is 6.73. The van der Waals surface area contributed by atoms with Crippen molar-refractivity contribution in [3.63, 3.8) is 0 Å². The van der Waals surface area contributed by atoms with E-state index in [0.29, 0.717) is 4.83 Å². The first-order chi connectivity index (χ1) is 10.2. The van der Waals surface area contributed by atoms with E-state index in [1.165, 1.54) is 56.1 Å². The smallest absolute Gasteiger partial charge is 0.123 e. The molecule has 2 aliphatic carbocycles. The molecule has 1 nitrogen and oxygen atoms in total. The van der Waals surface area contributed by atoms with Crippen molar-refractivity contribution in [2.24, 2.45) is 17.8 Å². The van der Waals surface area contributed by atoms with Crippen molar-refractivity contribution in [3.05, 3.63) is 29.3 Å². The van der Waals surface area contributed by atoms with E-state index >= 15 is 0 Å². The lowest BCUT2D eigenvalue weighted by atomic mass is 9.66. The fourth-order valence-electron chi connectivity index (χ4n) is 4.50. The first-order valence-electron chi connectivity index (χ1n) is 8.47. The maximum atomic E-state index is 5.59. The fourth-order valence-corrected chi connectivity index (χ4v) is 5.34. The Balaban J connectivity index is 1.76. The highest BCUT2D eigenvalue weighted by molar-refractivity contribution is 9.09. The molecule has 0 heterocycles. The van der Waals surface area contributed by atoms with Crippen LogP contribution in [-0.4, -0.2) is 7.11 Å². The van der Waals surface area contributed by atoms with Crippen LogP contribution >= 0.6 is 15.9 Å². The molecule has 4 unspecified atom stereocenters. The minimum absolute atomic E-state index is 0.440. The van der Waals surface area contributed by atoms with Crippen LogP contribution in [0.4, 0.5) is 0 Å². The first-order valence-corrected chi connectivity index (χ1v) is 9.39. The Labute approximate surface area is 137 Å². The number of hydrogen-bond donors (Lipinski definition) is 0. The number of ether oxygens (including phenoxy) is 1. The molecule has 1 aromatic rings. The summed E-state index contributed by atoms with van der Waals surface area (Å²) in [7, 11) is 1.78. The quantitative estimate of drug-likeness (QED) is 0.603. The third kappa shape index (κ3) is 3.31. The van der Waals surface area contributed by atoms with Gasteiger partial charge in [-0.1, -0.05) is 59.3 Å². The largest absolute Gasteiger partial charge is 0.496 e. The van der Waals surface area contributed by atoms with E-state index in [4.69, 9.17) is 4.74 Å². The Bertz CT molecular complexity index is 484. The molecule has 0 spiro atoms. The summed E-state index contributed by atoms with van der Waals surface area (Å²) in [5, 5.41) is 0. The summed E-state index contributed by atoms with van der Waals surface area (Å²) in [6, 6.07) is 6.55. The molecule has 1 aromatic carbocycles. The van der Waals surface area contributed by atoms with E-state index in [2.05, 4.69) is 41.1 Å². The lowest BCUT2D eigenvalue weighted by molar-refractivity contribution is 0.129. The Hall–Kier alpha value is -0.500. The first kappa shape index (κ1) is 15.4. The van der Waals surface area contributed by atoms with Crippen LogP contribution in [0.2, 0.25) is 0 Å². The minimum atomic E-state index is 0.440. The van der Waals surface area contributed by atoms with Gasteiger partial charge in [-0.3, -0.25) is 0 Å². The summed E-state index contributed by atoms with van der Waals surface area (Å²) in [6.07, 6.45) is 10.1. The monoisotopic (exact) mass is 350 g/mol. The molecule has 0 amide bonds. The van der Waals surface area contributed by atoms with E-state index in [1.807, 2.05) is 0 Å². The molecule has 0 saturated heterocycles. The van der Waals surface area contributed by atoms with E-state index in [0.717, 1.165) is 23.5 Å². The van der Waals surface area contributed by atoms with E-state index in [-0.39, 0.29) is 0 Å². The average Bonchev–Trinajstić information content (AvgIpc) is 2.53. The SMILES string of the molecule is COc1ccc(C)cc1C(Br)C1CCC2CCCCC2C1. The minimum Gasteiger partial charge on any atom is -0.496 e. The number of hydrogen-bond acceptors (Lipinski definition) is 1. The summed E-state index contributed by atoms with van der Waals surface area (Å²) in [5.41, 5.74) is 2.67. The highest BCUT2D eigenvalue weighted by Gasteiger charge is 2.35. The van der Waals surface area contributed by atoms with Crippen LogP contribution in [0.5, 0.6) is 5.75 Å². The molecule has 0 aromatic heterocycles. The van der Waals surface area contributed by atoms with Gasteiger partial charge in [-0.2, -0.15) is 0 Å². The second-order valence-electron chi connectivity index (χ2n) is 7.02. The summed E-state index contributed by atoms with van der Waals surface area (Å²) < 4.78 is 5.59. The molecule has 0 aliphatic heterocycles. The highest BCUT2D eigenvalue weighted by atomic mass is 79.9. The third-order valence-corrected chi connectivity index (χ3v) is 6.92. The molecule has 0 N–H and O–H groups in total. The van der Waals surface area contributed by atoms with Crippen molar-refractivity contribution < 1.29 is 4.74 Å². The Kier molecular flexibility index (Phi) is 4.93. The van der Waals surface area contributed by atoms with Crippen LogP contribution in [-0.2, 0) is 0 Å². The standard InChI is InChI=1S/C19H27BrO/c1-13-7-10-18(21-2)17(11-13)19(20)16-9-8-14-5-3-4-6-15(14)12-16/h7,10-11,14-16,19H,3-6,8-9,12H2,1-2H3. The number of halogens is 1. The lowest BCUT2D eigenvalue weighted by Crippen LogP contribution is -2.29. The van der Waals surface area contributed by atoms with E-state index in [1.54, 1.807) is 7.11 Å². The van der Waals surface area contributed by atoms with Crippen molar-refractivity contribution in [1.29, 1.82) is 0 Å². The highest BCUT2D eigenvalue weighted by Crippen LogP contribution is 2.49. The van der Waals surface area contributed by atoms with Crippen molar-refractivity contribution in [2.45, 2.75) is 56.7 Å². The number of methoxy groups -OCH3 is 1. The van der Waals surface area contributed by atoms with Gasteiger partial charge in [0.2, 0.25) is 0 Å². The van der Waals surface area contributed by atoms with Crippen LogP contribution in [0.25, 0.3) is 0 Å².